The van der Waals surface area contributed by atoms with Crippen molar-refractivity contribution in [3.05, 3.63) is 33.4 Å². The molecule has 0 radical (unpaired) electrons. The number of ether oxygens (including phenoxy) is 2. The molecule has 1 amide bonds. The first-order valence-electron chi connectivity index (χ1n) is 14.8. The van der Waals surface area contributed by atoms with E-state index in [-0.39, 0.29) is 108 Å². The molecule has 2 aromatic heterocycles. The number of halogens is 6. The summed E-state index contributed by atoms with van der Waals surface area (Å²) in [6, 6.07) is 4.97. The van der Waals surface area contributed by atoms with Gasteiger partial charge in [-0.15, -0.1) is 17.7 Å². The minimum atomic E-state index is -2.80. The summed E-state index contributed by atoms with van der Waals surface area (Å²) in [5, 5.41) is 16.3. The molecule has 9 nitrogen and oxygen atoms in total. The van der Waals surface area contributed by atoms with E-state index >= 15 is 4.39 Å². The Morgan fingerprint density at radius 3 is 2.75 bits per heavy atom. The summed E-state index contributed by atoms with van der Waals surface area (Å²) in [6.07, 6.45) is -2.85. The zero-order valence-corrected chi connectivity index (χ0v) is 32.1. The zero-order chi connectivity index (χ0) is 33.8. The van der Waals surface area contributed by atoms with E-state index in [9.17, 15) is 27.5 Å². The van der Waals surface area contributed by atoms with Crippen LogP contribution < -0.4 is 15.4 Å². The van der Waals surface area contributed by atoms with Crippen LogP contribution in [0.1, 0.15) is 40.0 Å². The average molecular weight is 931 g/mol. The van der Waals surface area contributed by atoms with Crippen LogP contribution in [0.15, 0.2) is 12.1 Å². The first-order valence-corrected chi connectivity index (χ1v) is 16.7. The van der Waals surface area contributed by atoms with Gasteiger partial charge in [-0.1, -0.05) is 0 Å². The standard InChI is InChI=1S/C31H30F5IN5O4S.Ce/c1-30(2,3)46-29(44)39-19-9-16-15(5-6-17(33)26(16)47-19)20-22(36)24-21(25(43)23(20)37)27(38-11-18(34)35)41-28(40-24)45-13-31-7-4-8-42(31)12-14(32)10-31;/h5-6,14,18,43H,4,7-8,10-13H2,1-3H3,(H,39,44)(H,38,40,41);/q-1;/t14?,31-;/m0./s1. The van der Waals surface area contributed by atoms with Gasteiger partial charge in [0.2, 0.25) is 0 Å². The number of aromatic hydroxyl groups is 1. The molecule has 2 aliphatic rings. The van der Waals surface area contributed by atoms with Crippen molar-refractivity contribution in [2.45, 2.75) is 63.8 Å². The molecule has 3 N–H and O–H groups in total. The Morgan fingerprint density at radius 1 is 1.29 bits per heavy atom. The normalized spacial score (nSPS) is 19.5. The molecule has 0 aliphatic carbocycles. The van der Waals surface area contributed by atoms with E-state index in [0.717, 1.165) is 23.8 Å². The van der Waals surface area contributed by atoms with E-state index in [4.69, 9.17) is 9.47 Å². The molecule has 6 rings (SSSR count). The summed E-state index contributed by atoms with van der Waals surface area (Å²) in [4.78, 5) is 22.8. The van der Waals surface area contributed by atoms with Gasteiger partial charge in [0.1, 0.15) is 41.3 Å². The van der Waals surface area contributed by atoms with E-state index in [0.29, 0.717) is 13.0 Å². The number of aromatic nitrogens is 2. The largest absolute Gasteiger partial charge is 0.506 e. The molecule has 0 bridgehead atoms. The second kappa shape index (κ2) is 14.4. The van der Waals surface area contributed by atoms with Gasteiger partial charge >= 0.3 is 12.1 Å². The molecule has 1 unspecified atom stereocenters. The van der Waals surface area contributed by atoms with Crippen LogP contribution in [0.5, 0.6) is 11.8 Å². The molecule has 2 aromatic carbocycles. The summed E-state index contributed by atoms with van der Waals surface area (Å²) in [5.41, 5.74) is -1.87. The molecular formula is C31H30CeF5IN5O4S-. The van der Waals surface area contributed by atoms with Crippen LogP contribution in [0, 0.1) is 63.0 Å². The van der Waals surface area contributed by atoms with E-state index < -0.39 is 59.3 Å². The number of anilines is 2. The van der Waals surface area contributed by atoms with Gasteiger partial charge in [-0.05, 0) is 79.1 Å². The molecule has 0 spiro atoms. The van der Waals surface area contributed by atoms with Gasteiger partial charge in [0.15, 0.2) is 0 Å². The van der Waals surface area contributed by atoms with Crippen LogP contribution in [0.3, 0.4) is 0 Å². The van der Waals surface area contributed by atoms with Crippen molar-refractivity contribution in [1.82, 2.24) is 14.9 Å². The van der Waals surface area contributed by atoms with Crippen LogP contribution >= 0.6 is 33.9 Å². The summed E-state index contributed by atoms with van der Waals surface area (Å²) in [5.74, 6) is -2.40. The van der Waals surface area contributed by atoms with Gasteiger partial charge in [-0.3, -0.25) is 10.2 Å². The van der Waals surface area contributed by atoms with E-state index in [1.54, 1.807) is 43.4 Å². The van der Waals surface area contributed by atoms with Crippen molar-refractivity contribution in [2.24, 2.45) is 0 Å². The number of carbonyl (C=O) groups is 1. The number of nitrogens with one attached hydrogen (secondary N) is 2. The number of amides is 1. The fraction of sp³-hybridized carbons (Fsp3) is 0.452. The van der Waals surface area contributed by atoms with Gasteiger partial charge in [-0.25, -0.2) is 26.7 Å². The van der Waals surface area contributed by atoms with Gasteiger partial charge in [0.05, 0.1) is 26.9 Å². The van der Waals surface area contributed by atoms with Crippen molar-refractivity contribution < 1.29 is 83.1 Å². The quantitative estimate of drug-likeness (QED) is 0.0932. The van der Waals surface area contributed by atoms with Crippen molar-refractivity contribution in [2.75, 3.05) is 36.9 Å². The Bertz CT molecular complexity index is 1880. The number of phenolic OH excluding ortho intramolecular Hbond substituents is 1. The van der Waals surface area contributed by atoms with Gasteiger partial charge in [0.25, 0.3) is 6.43 Å². The Balaban J connectivity index is 0.00000451. The van der Waals surface area contributed by atoms with Crippen LogP contribution in [-0.4, -0.2) is 76.0 Å². The third kappa shape index (κ3) is 7.43. The van der Waals surface area contributed by atoms with Crippen LogP contribution in [0.25, 0.3) is 32.1 Å². The fourth-order valence-electron chi connectivity index (χ4n) is 6.20. The summed E-state index contributed by atoms with van der Waals surface area (Å²) < 4.78 is 83.8. The van der Waals surface area contributed by atoms with Crippen molar-refractivity contribution >= 4 is 71.8 Å². The number of hydrogen-bond acceptors (Lipinski definition) is 9. The number of thiophene rings is 1. The molecule has 256 valence electrons. The van der Waals surface area contributed by atoms with E-state index in [2.05, 4.69) is 26.7 Å². The maximum Gasteiger partial charge on any atom is 0.411 e. The first-order chi connectivity index (χ1) is 22.2. The van der Waals surface area contributed by atoms with Crippen LogP contribution in [-0.2, 0) is 4.74 Å². The second-order valence-electron chi connectivity index (χ2n) is 12.5. The molecule has 48 heavy (non-hydrogen) atoms. The Hall–Kier alpha value is -1.87. The van der Waals surface area contributed by atoms with Gasteiger partial charge in [0, 0.05) is 59.7 Å². The summed E-state index contributed by atoms with van der Waals surface area (Å²) in [6.45, 7) is 5.16. The van der Waals surface area contributed by atoms with Crippen LogP contribution in [0.2, 0.25) is 0 Å². The minimum Gasteiger partial charge on any atom is -0.506 e. The number of benzene rings is 2. The van der Waals surface area contributed by atoms with Gasteiger partial charge in [-0.2, -0.15) is 26.7 Å². The average Bonchev–Trinajstić information content (AvgIpc) is 3.66. The van der Waals surface area contributed by atoms with Crippen molar-refractivity contribution in [3.63, 3.8) is 0 Å². The number of phenols is 1. The molecular weight excluding hydrogens is 900 g/mol. The Kier molecular flexibility index (Phi) is 11.2. The molecule has 4 aromatic rings. The predicted octanol–water partition coefficient (Wildman–Crippen LogP) is 7.88. The predicted molar refractivity (Wildman–Crippen MR) is 176 cm³/mol. The topological polar surface area (TPSA) is 109 Å². The summed E-state index contributed by atoms with van der Waals surface area (Å²) >= 11 is 2.56. The van der Waals surface area contributed by atoms with Crippen LogP contribution in [0.4, 0.5) is 37.6 Å². The maximum absolute atomic E-state index is 16.7. The number of hydrogen-bond donors (Lipinski definition) is 3. The molecule has 0 saturated carbocycles. The molecule has 2 fully saturated rings. The molecule has 2 atom stereocenters. The van der Waals surface area contributed by atoms with Gasteiger partial charge < -0.3 is 19.9 Å². The summed E-state index contributed by atoms with van der Waals surface area (Å²) in [7, 11) is 0. The number of alkyl halides is 3. The number of rotatable bonds is 8. The monoisotopic (exact) mass is 930 g/mol. The second-order valence-corrected chi connectivity index (χ2v) is 14.6. The molecule has 2 aliphatic heterocycles. The number of fused-ring (bicyclic) bond motifs is 3. The Morgan fingerprint density at radius 2 is 2.04 bits per heavy atom. The van der Waals surface area contributed by atoms with E-state index in [1.165, 1.54) is 6.07 Å². The SMILES string of the molecule is CC(C)(C)OC(=O)Nc1[c-]c2c(-c3c(I)c(O)c4c(NCC(F)F)nc(OC[C@@]56CCCN5CC(F)C6)nc4c3F)ccc(F)c2s1.[Ce]. The first kappa shape index (κ1) is 37.4. The number of carbonyl (C=O) groups excluding carboxylic acids is 1. The fourth-order valence-corrected chi connectivity index (χ4v) is 7.92. The zero-order valence-electron chi connectivity index (χ0n) is 25.9. The Labute approximate surface area is 323 Å². The molecule has 2 saturated heterocycles. The van der Waals surface area contributed by atoms with Crippen molar-refractivity contribution in [3.8, 4) is 22.9 Å². The smallest absolute Gasteiger partial charge is 0.411 e. The van der Waals surface area contributed by atoms with Crippen molar-refractivity contribution in [1.29, 1.82) is 0 Å². The number of nitrogens with zero attached hydrogens (tertiary/aromatic N) is 3. The minimum absolute atomic E-state index is 0. The third-order valence-corrected chi connectivity index (χ3v) is 10.1. The molecule has 17 heteroatoms. The molecule has 4 heterocycles. The third-order valence-electron chi connectivity index (χ3n) is 8.07. The maximum atomic E-state index is 16.7. The van der Waals surface area contributed by atoms with E-state index in [1.807, 2.05) is 4.90 Å².